The minimum atomic E-state index is -3.93. The zero-order valence-corrected chi connectivity index (χ0v) is 19.8. The number of aromatic nitrogens is 2. The lowest BCUT2D eigenvalue weighted by Gasteiger charge is -2.15. The highest BCUT2D eigenvalue weighted by molar-refractivity contribution is 7.92. The predicted molar refractivity (Wildman–Crippen MR) is 129 cm³/mol. The van der Waals surface area contributed by atoms with Crippen molar-refractivity contribution >= 4 is 50.8 Å². The first kappa shape index (κ1) is 23.4. The summed E-state index contributed by atoms with van der Waals surface area (Å²) < 4.78 is 27.5. The van der Waals surface area contributed by atoms with Crippen LogP contribution in [0.1, 0.15) is 18.2 Å². The van der Waals surface area contributed by atoms with Crippen molar-refractivity contribution in [3.8, 4) is 0 Å². The first-order valence-corrected chi connectivity index (χ1v) is 12.1. The monoisotopic (exact) mass is 497 g/mol. The van der Waals surface area contributed by atoms with Crippen molar-refractivity contribution in [1.82, 2.24) is 9.97 Å². The third-order valence-electron chi connectivity index (χ3n) is 5.08. The molecule has 1 aliphatic rings. The van der Waals surface area contributed by atoms with Crippen LogP contribution in [0.15, 0.2) is 76.4 Å². The molecule has 0 unspecified atom stereocenters. The van der Waals surface area contributed by atoms with Crippen LogP contribution in [0.5, 0.6) is 0 Å². The Balaban J connectivity index is 1.51. The van der Waals surface area contributed by atoms with E-state index in [1.54, 1.807) is 25.1 Å². The number of benzene rings is 2. The molecule has 0 bridgehead atoms. The van der Waals surface area contributed by atoms with E-state index in [-0.39, 0.29) is 21.6 Å². The van der Waals surface area contributed by atoms with Gasteiger partial charge in [-0.25, -0.2) is 28.0 Å². The lowest BCUT2D eigenvalue weighted by molar-refractivity contribution is -0.120. The summed E-state index contributed by atoms with van der Waals surface area (Å²) in [7, 11) is -3.93. The van der Waals surface area contributed by atoms with Gasteiger partial charge in [-0.15, -0.1) is 0 Å². The number of nitrogens with zero attached hydrogens (tertiary/aromatic N) is 3. The van der Waals surface area contributed by atoms with Crippen molar-refractivity contribution in [3.05, 3.63) is 82.8 Å². The number of carbonyl (C=O) groups excluding carboxylic acids is 2. The number of anilines is 3. The van der Waals surface area contributed by atoms with Crippen molar-refractivity contribution in [2.75, 3.05) is 14.9 Å². The fourth-order valence-corrected chi connectivity index (χ4v) is 4.43. The summed E-state index contributed by atoms with van der Waals surface area (Å²) in [6, 6.07) is 14.3. The quantitative estimate of drug-likeness (QED) is 0.478. The van der Waals surface area contributed by atoms with Crippen LogP contribution < -0.4 is 14.9 Å². The molecular formula is C23H20ClN5O4S. The molecule has 34 heavy (non-hydrogen) atoms. The molecule has 3 aromatic rings. The van der Waals surface area contributed by atoms with Crippen molar-refractivity contribution in [1.29, 1.82) is 0 Å². The molecule has 9 nitrogen and oxygen atoms in total. The first-order valence-electron chi connectivity index (χ1n) is 10.3. The van der Waals surface area contributed by atoms with Gasteiger partial charge in [0.15, 0.2) is 0 Å². The molecule has 2 heterocycles. The number of halogens is 1. The molecule has 1 aliphatic heterocycles. The number of carbonyl (C=O) groups is 2. The summed E-state index contributed by atoms with van der Waals surface area (Å²) in [5.41, 5.74) is 2.38. The van der Waals surface area contributed by atoms with Gasteiger partial charge in [0.25, 0.3) is 21.8 Å². The number of aryl methyl sites for hydroxylation is 2. The lowest BCUT2D eigenvalue weighted by Crippen LogP contribution is -2.32. The number of hydrogen-bond acceptors (Lipinski definition) is 7. The van der Waals surface area contributed by atoms with E-state index in [9.17, 15) is 18.0 Å². The largest absolute Gasteiger partial charge is 0.350 e. The summed E-state index contributed by atoms with van der Waals surface area (Å²) in [6.45, 7) is 3.72. The Morgan fingerprint density at radius 3 is 2.26 bits per heavy atom. The van der Waals surface area contributed by atoms with Crippen LogP contribution in [-0.4, -0.2) is 30.2 Å². The van der Waals surface area contributed by atoms with Crippen molar-refractivity contribution in [3.63, 3.8) is 0 Å². The molecular weight excluding hydrogens is 478 g/mol. The van der Waals surface area contributed by atoms with E-state index in [0.717, 1.165) is 16.9 Å². The highest BCUT2D eigenvalue weighted by Gasteiger charge is 2.39. The number of amides is 2. The Hall–Kier alpha value is -3.76. The van der Waals surface area contributed by atoms with E-state index in [0.29, 0.717) is 17.1 Å². The first-order chi connectivity index (χ1) is 16.2. The SMILES string of the molecule is CCc1ccc(N2C(=O)C(Cl)=C(Nc3ccc(S(=O)(=O)Nc4nccc(C)n4)cc3)C2=O)cc1. The van der Waals surface area contributed by atoms with Gasteiger partial charge in [-0.1, -0.05) is 30.7 Å². The highest BCUT2D eigenvalue weighted by Crippen LogP contribution is 2.30. The molecule has 2 aromatic carbocycles. The maximum absolute atomic E-state index is 12.9. The van der Waals surface area contributed by atoms with Crippen LogP contribution in [0.4, 0.5) is 17.3 Å². The third-order valence-corrected chi connectivity index (χ3v) is 6.78. The molecule has 2 amide bonds. The molecule has 0 atom stereocenters. The van der Waals surface area contributed by atoms with Crippen molar-refractivity contribution in [2.24, 2.45) is 0 Å². The summed E-state index contributed by atoms with van der Waals surface area (Å²) in [5.74, 6) is -1.28. The summed E-state index contributed by atoms with van der Waals surface area (Å²) in [6.07, 6.45) is 2.28. The molecule has 0 aliphatic carbocycles. The van der Waals surface area contributed by atoms with Gasteiger partial charge < -0.3 is 5.32 Å². The zero-order valence-electron chi connectivity index (χ0n) is 18.2. The summed E-state index contributed by atoms with van der Waals surface area (Å²) >= 11 is 6.17. The summed E-state index contributed by atoms with van der Waals surface area (Å²) in [5, 5.41) is 2.57. The normalized spacial score (nSPS) is 14.0. The van der Waals surface area contributed by atoms with Crippen LogP contribution in [0, 0.1) is 6.92 Å². The summed E-state index contributed by atoms with van der Waals surface area (Å²) in [4.78, 5) is 34.4. The number of nitrogens with one attached hydrogen (secondary N) is 2. The minimum Gasteiger partial charge on any atom is -0.350 e. The Bertz CT molecular complexity index is 1400. The average Bonchev–Trinajstić information content (AvgIpc) is 3.02. The maximum Gasteiger partial charge on any atom is 0.283 e. The molecule has 0 fully saturated rings. The zero-order chi connectivity index (χ0) is 24.5. The van der Waals surface area contributed by atoms with Crippen LogP contribution in [0.25, 0.3) is 0 Å². The van der Waals surface area contributed by atoms with E-state index in [4.69, 9.17) is 11.6 Å². The van der Waals surface area contributed by atoms with Crippen molar-refractivity contribution < 1.29 is 18.0 Å². The molecule has 4 rings (SSSR count). The smallest absolute Gasteiger partial charge is 0.283 e. The fourth-order valence-electron chi connectivity index (χ4n) is 3.27. The van der Waals surface area contributed by atoms with E-state index < -0.39 is 21.8 Å². The molecule has 11 heteroatoms. The van der Waals surface area contributed by atoms with Crippen LogP contribution in [-0.2, 0) is 26.0 Å². The number of rotatable bonds is 7. The molecule has 174 valence electrons. The molecule has 0 saturated heterocycles. The lowest BCUT2D eigenvalue weighted by atomic mass is 10.1. The van der Waals surface area contributed by atoms with Gasteiger partial charge in [-0.3, -0.25) is 9.59 Å². The Morgan fingerprint density at radius 2 is 1.65 bits per heavy atom. The van der Waals surface area contributed by atoms with Gasteiger partial charge >= 0.3 is 0 Å². The van der Waals surface area contributed by atoms with E-state index in [1.807, 2.05) is 19.1 Å². The number of sulfonamides is 1. The molecule has 2 N–H and O–H groups in total. The maximum atomic E-state index is 12.9. The minimum absolute atomic E-state index is 0.0327. The Kier molecular flexibility index (Phi) is 6.36. The van der Waals surface area contributed by atoms with Gasteiger partial charge in [0.2, 0.25) is 5.95 Å². The molecule has 1 aromatic heterocycles. The van der Waals surface area contributed by atoms with E-state index in [1.165, 1.54) is 30.5 Å². The topological polar surface area (TPSA) is 121 Å². The molecule has 0 spiro atoms. The average molecular weight is 498 g/mol. The van der Waals surface area contributed by atoms with Gasteiger partial charge in [-0.05, 0) is 61.4 Å². The molecule has 0 saturated carbocycles. The van der Waals surface area contributed by atoms with Crippen LogP contribution in [0.2, 0.25) is 0 Å². The van der Waals surface area contributed by atoms with Gasteiger partial charge in [0.1, 0.15) is 10.7 Å². The van der Waals surface area contributed by atoms with Crippen molar-refractivity contribution in [2.45, 2.75) is 25.2 Å². The van der Waals surface area contributed by atoms with Crippen LogP contribution >= 0.6 is 11.6 Å². The number of hydrogen-bond donors (Lipinski definition) is 2. The second-order valence-corrected chi connectivity index (χ2v) is 9.49. The van der Waals surface area contributed by atoms with Gasteiger partial charge in [-0.2, -0.15) is 0 Å². The third kappa shape index (κ3) is 4.63. The second kappa shape index (κ2) is 9.24. The fraction of sp³-hybridized carbons (Fsp3) is 0.130. The highest BCUT2D eigenvalue weighted by atomic mass is 35.5. The Morgan fingerprint density at radius 1 is 0.971 bits per heavy atom. The standard InChI is InChI=1S/C23H20ClN5O4S/c1-3-15-4-8-17(9-5-15)29-21(30)19(24)20(22(29)31)27-16-6-10-18(11-7-16)34(32,33)28-23-25-13-12-14(2)26-23/h4-13,27H,3H2,1-2H3,(H,25,26,28). The predicted octanol–water partition coefficient (Wildman–Crippen LogP) is 3.58. The van der Waals surface area contributed by atoms with E-state index in [2.05, 4.69) is 20.0 Å². The van der Waals surface area contributed by atoms with E-state index >= 15 is 0 Å². The second-order valence-electron chi connectivity index (χ2n) is 7.43. The van der Waals surface area contributed by atoms with Gasteiger partial charge in [0.05, 0.1) is 10.6 Å². The molecule has 0 radical (unpaired) electrons. The van der Waals surface area contributed by atoms with Crippen LogP contribution in [0.3, 0.4) is 0 Å². The Labute approximate surface area is 201 Å². The number of imide groups is 1. The van der Waals surface area contributed by atoms with Gasteiger partial charge in [0, 0.05) is 17.6 Å².